The lowest BCUT2D eigenvalue weighted by molar-refractivity contribution is -0.136. The number of fused-ring (bicyclic) bond motifs is 1. The largest absolute Gasteiger partial charge is 0.387 e. The van der Waals surface area contributed by atoms with Gasteiger partial charge in [-0.15, -0.1) is 0 Å². The third-order valence-corrected chi connectivity index (χ3v) is 4.75. The smallest absolute Gasteiger partial charge is 0.313 e. The van der Waals surface area contributed by atoms with E-state index >= 15 is 0 Å². The van der Waals surface area contributed by atoms with Crippen LogP contribution in [-0.2, 0) is 16.0 Å². The molecular formula is C19H19ClFN3O3. The molecule has 8 heteroatoms. The first kappa shape index (κ1) is 19.1. The van der Waals surface area contributed by atoms with Gasteiger partial charge in [-0.2, -0.15) is 0 Å². The fourth-order valence-electron chi connectivity index (χ4n) is 2.94. The minimum Gasteiger partial charge on any atom is -0.387 e. The van der Waals surface area contributed by atoms with E-state index in [1.807, 2.05) is 19.2 Å². The summed E-state index contributed by atoms with van der Waals surface area (Å²) in [4.78, 5) is 26.0. The molecule has 2 aromatic carbocycles. The van der Waals surface area contributed by atoms with Crippen molar-refractivity contribution in [2.45, 2.75) is 12.5 Å². The highest BCUT2D eigenvalue weighted by Gasteiger charge is 2.20. The molecule has 2 aromatic rings. The van der Waals surface area contributed by atoms with Gasteiger partial charge < -0.3 is 20.6 Å². The number of aliphatic hydroxyl groups excluding tert-OH is 1. The predicted octanol–water partition coefficient (Wildman–Crippen LogP) is 2.26. The second-order valence-electron chi connectivity index (χ2n) is 6.37. The van der Waals surface area contributed by atoms with Crippen LogP contribution in [0, 0.1) is 5.82 Å². The molecule has 1 aliphatic rings. The molecule has 1 atom stereocenters. The molecular weight excluding hydrogens is 373 g/mol. The highest BCUT2D eigenvalue weighted by molar-refractivity contribution is 6.39. The highest BCUT2D eigenvalue weighted by atomic mass is 35.5. The van der Waals surface area contributed by atoms with Crippen molar-refractivity contribution in [1.29, 1.82) is 0 Å². The van der Waals surface area contributed by atoms with Gasteiger partial charge in [-0.3, -0.25) is 9.59 Å². The molecule has 0 radical (unpaired) electrons. The summed E-state index contributed by atoms with van der Waals surface area (Å²) in [5.41, 5.74) is 3.15. The number of benzene rings is 2. The number of halogens is 2. The number of hydrogen-bond donors (Lipinski definition) is 3. The Hall–Kier alpha value is -2.64. The summed E-state index contributed by atoms with van der Waals surface area (Å²) >= 11 is 5.63. The van der Waals surface area contributed by atoms with Crippen LogP contribution in [0.25, 0.3) is 0 Å². The van der Waals surface area contributed by atoms with Crippen LogP contribution in [0.4, 0.5) is 15.8 Å². The van der Waals surface area contributed by atoms with Gasteiger partial charge in [0.25, 0.3) is 0 Å². The molecule has 0 aliphatic carbocycles. The zero-order valence-electron chi connectivity index (χ0n) is 14.6. The van der Waals surface area contributed by atoms with Crippen LogP contribution in [0.2, 0.25) is 5.02 Å². The maximum absolute atomic E-state index is 13.1. The first-order valence-electron chi connectivity index (χ1n) is 8.41. The summed E-state index contributed by atoms with van der Waals surface area (Å²) in [6.07, 6.45) is -0.0280. The van der Waals surface area contributed by atoms with Crippen LogP contribution in [-0.4, -0.2) is 37.1 Å². The number of carbonyl (C=O) groups excluding carboxylic acids is 2. The molecule has 0 saturated heterocycles. The summed E-state index contributed by atoms with van der Waals surface area (Å²) in [5, 5.41) is 14.8. The maximum atomic E-state index is 13.1. The minimum atomic E-state index is -0.932. The van der Waals surface area contributed by atoms with Crippen LogP contribution in [0.1, 0.15) is 17.2 Å². The molecule has 1 unspecified atom stereocenters. The average molecular weight is 392 g/mol. The van der Waals surface area contributed by atoms with Crippen molar-refractivity contribution in [1.82, 2.24) is 5.32 Å². The molecule has 0 aromatic heterocycles. The van der Waals surface area contributed by atoms with E-state index in [2.05, 4.69) is 15.5 Å². The van der Waals surface area contributed by atoms with Crippen LogP contribution in [0.3, 0.4) is 0 Å². The highest BCUT2D eigenvalue weighted by Crippen LogP contribution is 2.29. The van der Waals surface area contributed by atoms with Gasteiger partial charge in [0.15, 0.2) is 0 Å². The second-order valence-corrected chi connectivity index (χ2v) is 6.78. The Kier molecular flexibility index (Phi) is 5.62. The van der Waals surface area contributed by atoms with Gasteiger partial charge in [0.1, 0.15) is 5.82 Å². The van der Waals surface area contributed by atoms with Crippen LogP contribution in [0.15, 0.2) is 36.4 Å². The molecule has 2 amide bonds. The average Bonchev–Trinajstić information content (AvgIpc) is 3.02. The number of anilines is 2. The van der Waals surface area contributed by atoms with E-state index in [0.29, 0.717) is 5.56 Å². The van der Waals surface area contributed by atoms with E-state index < -0.39 is 23.7 Å². The summed E-state index contributed by atoms with van der Waals surface area (Å²) < 4.78 is 13.1. The van der Waals surface area contributed by atoms with Crippen molar-refractivity contribution < 1.29 is 19.1 Å². The predicted molar refractivity (Wildman–Crippen MR) is 101 cm³/mol. The molecule has 1 heterocycles. The van der Waals surface area contributed by atoms with E-state index in [0.717, 1.165) is 30.3 Å². The van der Waals surface area contributed by atoms with Gasteiger partial charge in [-0.1, -0.05) is 23.7 Å². The van der Waals surface area contributed by atoms with Crippen molar-refractivity contribution in [2.75, 3.05) is 30.4 Å². The van der Waals surface area contributed by atoms with Crippen molar-refractivity contribution in [3.05, 3.63) is 58.4 Å². The Labute approximate surface area is 160 Å². The monoisotopic (exact) mass is 391 g/mol. The summed E-state index contributed by atoms with van der Waals surface area (Å²) in [6.45, 7) is 0.824. The zero-order valence-corrected chi connectivity index (χ0v) is 15.4. The molecule has 0 bridgehead atoms. The van der Waals surface area contributed by atoms with Crippen molar-refractivity contribution in [3.63, 3.8) is 0 Å². The van der Waals surface area contributed by atoms with Crippen LogP contribution >= 0.6 is 11.6 Å². The molecule has 0 spiro atoms. The normalized spacial score (nSPS) is 13.9. The Balaban J connectivity index is 1.55. The zero-order chi connectivity index (χ0) is 19.6. The number of nitrogens with one attached hydrogen (secondary N) is 2. The third kappa shape index (κ3) is 4.37. The number of likely N-dealkylation sites (N-methyl/N-ethyl adjacent to an activating group) is 1. The molecule has 27 heavy (non-hydrogen) atoms. The van der Waals surface area contributed by atoms with Gasteiger partial charge in [-0.25, -0.2) is 4.39 Å². The van der Waals surface area contributed by atoms with Gasteiger partial charge in [0.05, 0.1) is 11.1 Å². The lowest BCUT2D eigenvalue weighted by Crippen LogP contribution is -2.37. The molecule has 3 rings (SSSR count). The molecule has 0 fully saturated rings. The van der Waals surface area contributed by atoms with E-state index in [-0.39, 0.29) is 17.3 Å². The summed E-state index contributed by atoms with van der Waals surface area (Å²) in [5.74, 6) is -2.46. The van der Waals surface area contributed by atoms with E-state index in [9.17, 15) is 19.1 Å². The Morgan fingerprint density at radius 1 is 1.26 bits per heavy atom. The standard InChI is InChI=1S/C19H19ClFN3O3/c1-24-7-6-11-8-12(2-5-16(11)24)17(25)10-22-18(26)19(27)23-13-3-4-15(21)14(20)9-13/h2-5,8-9,17,25H,6-7,10H2,1H3,(H,22,26)(H,23,27). The van der Waals surface area contributed by atoms with Crippen LogP contribution in [0.5, 0.6) is 0 Å². The minimum absolute atomic E-state index is 0.106. The number of nitrogens with zero attached hydrogens (tertiary/aromatic N) is 1. The quantitative estimate of drug-likeness (QED) is 0.698. The first-order valence-corrected chi connectivity index (χ1v) is 8.79. The molecule has 0 saturated carbocycles. The second kappa shape index (κ2) is 7.94. The molecule has 142 valence electrons. The lowest BCUT2D eigenvalue weighted by Gasteiger charge is -2.15. The fourth-order valence-corrected chi connectivity index (χ4v) is 3.12. The van der Waals surface area contributed by atoms with Crippen molar-refractivity contribution in [3.8, 4) is 0 Å². The summed E-state index contributed by atoms with van der Waals surface area (Å²) in [6, 6.07) is 9.24. The number of carbonyl (C=O) groups is 2. The van der Waals surface area contributed by atoms with E-state index in [1.165, 1.54) is 12.1 Å². The van der Waals surface area contributed by atoms with Crippen molar-refractivity contribution in [2.24, 2.45) is 0 Å². The molecule has 6 nitrogen and oxygen atoms in total. The number of hydrogen-bond acceptors (Lipinski definition) is 4. The third-order valence-electron chi connectivity index (χ3n) is 4.46. The van der Waals surface area contributed by atoms with Gasteiger partial charge in [-0.05, 0) is 41.8 Å². The molecule has 3 N–H and O–H groups in total. The van der Waals surface area contributed by atoms with E-state index in [1.54, 1.807) is 6.07 Å². The first-order chi connectivity index (χ1) is 12.8. The Bertz CT molecular complexity index is 890. The topological polar surface area (TPSA) is 81.7 Å². The SMILES string of the molecule is CN1CCc2cc(C(O)CNC(=O)C(=O)Nc3ccc(F)c(Cl)c3)ccc21. The number of rotatable bonds is 4. The Morgan fingerprint density at radius 2 is 2.04 bits per heavy atom. The van der Waals surface area contributed by atoms with Gasteiger partial charge >= 0.3 is 11.8 Å². The lowest BCUT2D eigenvalue weighted by atomic mass is 10.0. The Morgan fingerprint density at radius 3 is 2.78 bits per heavy atom. The van der Waals surface area contributed by atoms with Crippen LogP contribution < -0.4 is 15.5 Å². The summed E-state index contributed by atoms with van der Waals surface area (Å²) in [7, 11) is 2.01. The number of aliphatic hydroxyl groups is 1. The van der Waals surface area contributed by atoms with Crippen molar-refractivity contribution >= 4 is 34.8 Å². The maximum Gasteiger partial charge on any atom is 0.313 e. The van der Waals surface area contributed by atoms with Gasteiger partial charge in [0, 0.05) is 31.5 Å². The van der Waals surface area contributed by atoms with E-state index in [4.69, 9.17) is 11.6 Å². The number of amides is 2. The molecule has 1 aliphatic heterocycles. The fraction of sp³-hybridized carbons (Fsp3) is 0.263. The van der Waals surface area contributed by atoms with Gasteiger partial charge in [0.2, 0.25) is 0 Å².